The van der Waals surface area contributed by atoms with Crippen LogP contribution in [0, 0.1) is 11.8 Å². The standard InChI is InChI=1S/C13H22O3/c1-8(14)6-13(15)7-10-5-11(9(13)2)16-12(10,3)4/h9-11,15H,5-7H2,1-4H3/t9-,10+,11-,13-/m0/s1. The molecule has 0 amide bonds. The molecule has 0 aromatic heterocycles. The second-order valence-corrected chi connectivity index (χ2v) is 6.17. The zero-order valence-corrected chi connectivity index (χ0v) is 10.6. The van der Waals surface area contributed by atoms with Crippen molar-refractivity contribution < 1.29 is 14.6 Å². The molecule has 2 fully saturated rings. The van der Waals surface area contributed by atoms with Crippen molar-refractivity contribution in [1.29, 1.82) is 0 Å². The number of Topliss-reactive ketones (excluding diaryl/α,β-unsaturated/α-hetero) is 1. The molecule has 16 heavy (non-hydrogen) atoms. The molecule has 2 aliphatic rings. The Bertz CT molecular complexity index is 310. The fourth-order valence-corrected chi connectivity index (χ4v) is 3.36. The smallest absolute Gasteiger partial charge is 0.132 e. The minimum atomic E-state index is -0.854. The number of carbonyl (C=O) groups excluding carboxylic acids is 1. The highest BCUT2D eigenvalue weighted by Gasteiger charge is 2.56. The maximum absolute atomic E-state index is 11.3. The Morgan fingerprint density at radius 2 is 2.12 bits per heavy atom. The van der Waals surface area contributed by atoms with E-state index in [0.29, 0.717) is 12.3 Å². The van der Waals surface area contributed by atoms with Gasteiger partial charge in [0.15, 0.2) is 0 Å². The van der Waals surface area contributed by atoms with Crippen LogP contribution in [0.5, 0.6) is 0 Å². The number of fused-ring (bicyclic) bond motifs is 2. The molecule has 92 valence electrons. The zero-order valence-electron chi connectivity index (χ0n) is 10.6. The van der Waals surface area contributed by atoms with E-state index >= 15 is 0 Å². The van der Waals surface area contributed by atoms with Gasteiger partial charge in [-0.2, -0.15) is 0 Å². The van der Waals surface area contributed by atoms with E-state index < -0.39 is 5.60 Å². The highest BCUT2D eigenvalue weighted by Crippen LogP contribution is 2.51. The van der Waals surface area contributed by atoms with E-state index in [4.69, 9.17) is 4.74 Å². The molecular formula is C13H22O3. The van der Waals surface area contributed by atoms with Gasteiger partial charge in [0, 0.05) is 12.3 Å². The summed E-state index contributed by atoms with van der Waals surface area (Å²) in [5.41, 5.74) is -1.01. The number of hydrogen-bond donors (Lipinski definition) is 1. The predicted molar refractivity (Wildman–Crippen MR) is 61.1 cm³/mol. The van der Waals surface area contributed by atoms with E-state index in [2.05, 4.69) is 13.8 Å². The van der Waals surface area contributed by atoms with Gasteiger partial charge in [0.25, 0.3) is 0 Å². The van der Waals surface area contributed by atoms with Gasteiger partial charge in [-0.05, 0) is 39.5 Å². The first kappa shape index (κ1) is 12.1. The van der Waals surface area contributed by atoms with Gasteiger partial charge in [-0.25, -0.2) is 0 Å². The van der Waals surface area contributed by atoms with Crippen molar-refractivity contribution in [2.45, 2.75) is 64.3 Å². The molecule has 1 heterocycles. The summed E-state index contributed by atoms with van der Waals surface area (Å²) in [4.78, 5) is 11.3. The predicted octanol–water partition coefficient (Wildman–Crippen LogP) is 1.92. The second-order valence-electron chi connectivity index (χ2n) is 6.17. The molecule has 4 atom stereocenters. The third-order valence-corrected chi connectivity index (χ3v) is 4.52. The highest BCUT2D eigenvalue weighted by atomic mass is 16.5. The first-order valence-corrected chi connectivity index (χ1v) is 6.14. The third-order valence-electron chi connectivity index (χ3n) is 4.52. The van der Waals surface area contributed by atoms with Crippen LogP contribution in [0.2, 0.25) is 0 Å². The van der Waals surface area contributed by atoms with E-state index in [1.54, 1.807) is 6.92 Å². The Labute approximate surface area is 97.2 Å². The van der Waals surface area contributed by atoms with Gasteiger partial charge in [-0.15, -0.1) is 0 Å². The topological polar surface area (TPSA) is 46.5 Å². The molecule has 1 aliphatic heterocycles. The van der Waals surface area contributed by atoms with Gasteiger partial charge in [0.2, 0.25) is 0 Å². The monoisotopic (exact) mass is 226 g/mol. The van der Waals surface area contributed by atoms with Gasteiger partial charge in [-0.3, -0.25) is 4.79 Å². The SMILES string of the molecule is CC(=O)C[C@]1(O)C[C@H]2C[C@H](OC2(C)C)[C@@H]1C. The van der Waals surface area contributed by atoms with Gasteiger partial charge >= 0.3 is 0 Å². The maximum Gasteiger partial charge on any atom is 0.132 e. The number of rotatable bonds is 2. The fourth-order valence-electron chi connectivity index (χ4n) is 3.36. The number of aliphatic hydroxyl groups is 1. The quantitative estimate of drug-likeness (QED) is 0.782. The summed E-state index contributed by atoms with van der Waals surface area (Å²) in [7, 11) is 0. The molecule has 2 bridgehead atoms. The van der Waals surface area contributed by atoms with Crippen molar-refractivity contribution in [3.63, 3.8) is 0 Å². The Morgan fingerprint density at radius 3 is 2.69 bits per heavy atom. The Hall–Kier alpha value is -0.410. The summed E-state index contributed by atoms with van der Waals surface area (Å²) >= 11 is 0. The molecule has 1 saturated carbocycles. The Kier molecular flexibility index (Phi) is 2.67. The summed E-state index contributed by atoms with van der Waals surface area (Å²) in [6.45, 7) is 7.73. The first-order valence-electron chi connectivity index (χ1n) is 6.14. The molecule has 3 nitrogen and oxygen atoms in total. The van der Waals surface area contributed by atoms with E-state index in [1.807, 2.05) is 6.92 Å². The van der Waals surface area contributed by atoms with Gasteiger partial charge in [0.05, 0.1) is 17.3 Å². The van der Waals surface area contributed by atoms with E-state index in [9.17, 15) is 9.90 Å². The molecule has 0 aromatic rings. The molecule has 0 unspecified atom stereocenters. The number of hydrogen-bond acceptors (Lipinski definition) is 3. The van der Waals surface area contributed by atoms with Crippen molar-refractivity contribution in [2.75, 3.05) is 0 Å². The van der Waals surface area contributed by atoms with Crippen molar-refractivity contribution in [3.8, 4) is 0 Å². The lowest BCUT2D eigenvalue weighted by Crippen LogP contribution is -2.48. The second kappa shape index (κ2) is 3.54. The zero-order chi connectivity index (χ0) is 12.1. The minimum absolute atomic E-state index is 0.0504. The van der Waals surface area contributed by atoms with E-state index in [0.717, 1.165) is 6.42 Å². The summed E-state index contributed by atoms with van der Waals surface area (Å²) in [5, 5.41) is 10.6. The lowest BCUT2D eigenvalue weighted by Gasteiger charge is -2.41. The van der Waals surface area contributed by atoms with Crippen LogP contribution in [0.3, 0.4) is 0 Å². The van der Waals surface area contributed by atoms with Gasteiger partial charge in [0.1, 0.15) is 5.78 Å². The molecule has 0 aromatic carbocycles. The average molecular weight is 226 g/mol. The fraction of sp³-hybridized carbons (Fsp3) is 0.923. The molecule has 0 spiro atoms. The third kappa shape index (κ3) is 1.80. The molecule has 0 radical (unpaired) electrons. The summed E-state index contributed by atoms with van der Waals surface area (Å²) in [6, 6.07) is 0. The van der Waals surface area contributed by atoms with Crippen LogP contribution in [0.1, 0.15) is 47.0 Å². The minimum Gasteiger partial charge on any atom is -0.389 e. The Balaban J connectivity index is 2.22. The lowest BCUT2D eigenvalue weighted by molar-refractivity contribution is -0.131. The van der Waals surface area contributed by atoms with Crippen molar-refractivity contribution in [1.82, 2.24) is 0 Å². The number of ketones is 1. The largest absolute Gasteiger partial charge is 0.389 e. The molecule has 2 rings (SSSR count). The van der Waals surface area contributed by atoms with Crippen molar-refractivity contribution in [3.05, 3.63) is 0 Å². The molecule has 1 aliphatic carbocycles. The lowest BCUT2D eigenvalue weighted by atomic mass is 9.67. The first-order chi connectivity index (χ1) is 7.24. The summed E-state index contributed by atoms with van der Waals surface area (Å²) < 4.78 is 5.99. The average Bonchev–Trinajstić information content (AvgIpc) is 2.35. The number of ether oxygens (including phenoxy) is 1. The molecule has 3 heteroatoms. The van der Waals surface area contributed by atoms with Crippen LogP contribution in [-0.2, 0) is 9.53 Å². The van der Waals surface area contributed by atoms with E-state index in [-0.39, 0.29) is 29.8 Å². The maximum atomic E-state index is 11.3. The summed E-state index contributed by atoms with van der Waals surface area (Å²) in [6.07, 6.45) is 2.09. The van der Waals surface area contributed by atoms with Crippen LogP contribution >= 0.6 is 0 Å². The van der Waals surface area contributed by atoms with Crippen LogP contribution < -0.4 is 0 Å². The highest BCUT2D eigenvalue weighted by molar-refractivity contribution is 5.76. The van der Waals surface area contributed by atoms with Crippen molar-refractivity contribution in [2.24, 2.45) is 11.8 Å². The van der Waals surface area contributed by atoms with Crippen LogP contribution in [0.25, 0.3) is 0 Å². The normalized spacial score (nSPS) is 45.7. The van der Waals surface area contributed by atoms with Gasteiger partial charge < -0.3 is 9.84 Å². The van der Waals surface area contributed by atoms with Crippen molar-refractivity contribution >= 4 is 5.78 Å². The van der Waals surface area contributed by atoms with Crippen LogP contribution in [-0.4, -0.2) is 28.2 Å². The van der Waals surface area contributed by atoms with Gasteiger partial charge in [-0.1, -0.05) is 6.92 Å². The molecule has 1 N–H and O–H groups in total. The Morgan fingerprint density at radius 1 is 1.50 bits per heavy atom. The van der Waals surface area contributed by atoms with Crippen LogP contribution in [0.15, 0.2) is 0 Å². The molecule has 1 saturated heterocycles. The number of carbonyl (C=O) groups is 1. The van der Waals surface area contributed by atoms with E-state index in [1.165, 1.54) is 0 Å². The summed E-state index contributed by atoms with van der Waals surface area (Å²) in [5.74, 6) is 0.487. The van der Waals surface area contributed by atoms with Crippen LogP contribution in [0.4, 0.5) is 0 Å². The molecular weight excluding hydrogens is 204 g/mol.